The summed E-state index contributed by atoms with van der Waals surface area (Å²) in [6.45, 7) is 6.05. The minimum absolute atomic E-state index is 0.0310. The Hall–Kier alpha value is -3.35. The molecule has 168 valence electrons. The minimum atomic E-state index is -0.658. The van der Waals surface area contributed by atoms with Crippen molar-refractivity contribution in [3.63, 3.8) is 0 Å². The Kier molecular flexibility index (Phi) is 5.44. The summed E-state index contributed by atoms with van der Waals surface area (Å²) in [5.41, 5.74) is 3.56. The number of ether oxygens (including phenoxy) is 1. The van der Waals surface area contributed by atoms with Crippen LogP contribution in [0.5, 0.6) is 5.75 Å². The van der Waals surface area contributed by atoms with E-state index in [0.717, 1.165) is 22.4 Å². The molecule has 7 nitrogen and oxygen atoms in total. The summed E-state index contributed by atoms with van der Waals surface area (Å²) in [5, 5.41) is 2.99. The molecule has 4 rings (SSSR count). The summed E-state index contributed by atoms with van der Waals surface area (Å²) < 4.78 is 5.40. The Morgan fingerprint density at radius 3 is 2.66 bits per heavy atom. The molecule has 3 amide bonds. The predicted octanol–water partition coefficient (Wildman–Crippen LogP) is 3.39. The van der Waals surface area contributed by atoms with E-state index in [1.165, 1.54) is 0 Å². The Morgan fingerprint density at radius 1 is 1.22 bits per heavy atom. The second-order valence-electron chi connectivity index (χ2n) is 9.06. The molecular formula is C25H29N3O4. The molecule has 0 radical (unpaired) electrons. The molecule has 2 aromatic rings. The zero-order valence-electron chi connectivity index (χ0n) is 19.2. The maximum absolute atomic E-state index is 13.2. The number of methoxy groups -OCH3 is 1. The average molecular weight is 436 g/mol. The zero-order valence-corrected chi connectivity index (χ0v) is 19.2. The number of hydrogen-bond donors (Lipinski definition) is 1. The summed E-state index contributed by atoms with van der Waals surface area (Å²) in [4.78, 5) is 41.7. The van der Waals surface area contributed by atoms with E-state index in [-0.39, 0.29) is 17.7 Å². The van der Waals surface area contributed by atoms with Gasteiger partial charge in [-0.25, -0.2) is 0 Å². The van der Waals surface area contributed by atoms with Gasteiger partial charge in [0.2, 0.25) is 17.7 Å². The summed E-state index contributed by atoms with van der Waals surface area (Å²) in [5.74, 6) is 0.454. The van der Waals surface area contributed by atoms with Gasteiger partial charge in [0, 0.05) is 24.7 Å². The number of likely N-dealkylation sites (N-methyl/N-ethyl adjacent to an activating group) is 1. The first-order chi connectivity index (χ1) is 15.1. The Bertz CT molecular complexity index is 1110. The van der Waals surface area contributed by atoms with Crippen LogP contribution in [0.3, 0.4) is 0 Å². The van der Waals surface area contributed by atoms with Crippen LogP contribution in [0.1, 0.15) is 43.4 Å². The van der Waals surface area contributed by atoms with Crippen molar-refractivity contribution in [2.45, 2.75) is 51.6 Å². The van der Waals surface area contributed by atoms with Gasteiger partial charge in [-0.15, -0.1) is 0 Å². The van der Waals surface area contributed by atoms with Crippen molar-refractivity contribution in [3.05, 3.63) is 53.1 Å². The van der Waals surface area contributed by atoms with Gasteiger partial charge in [0.1, 0.15) is 11.8 Å². The Labute approximate surface area is 188 Å². The highest BCUT2D eigenvalue weighted by Crippen LogP contribution is 2.44. The first-order valence-corrected chi connectivity index (χ1v) is 10.8. The third kappa shape index (κ3) is 3.51. The number of para-hydroxylation sites is 1. The fraction of sp³-hybridized carbons (Fsp3) is 0.400. The van der Waals surface area contributed by atoms with Crippen LogP contribution in [0.4, 0.5) is 11.4 Å². The van der Waals surface area contributed by atoms with Crippen LogP contribution in [-0.2, 0) is 26.3 Å². The number of benzene rings is 2. The normalized spacial score (nSPS) is 19.3. The molecule has 1 fully saturated rings. The van der Waals surface area contributed by atoms with Gasteiger partial charge in [0.15, 0.2) is 0 Å². The minimum Gasteiger partial charge on any atom is -0.496 e. The largest absolute Gasteiger partial charge is 0.496 e. The zero-order chi connectivity index (χ0) is 23.2. The number of nitrogens with one attached hydrogen (secondary N) is 1. The number of carbonyl (C=O) groups is 3. The van der Waals surface area contributed by atoms with E-state index in [4.69, 9.17) is 4.74 Å². The molecular weight excluding hydrogens is 406 g/mol. The maximum atomic E-state index is 13.2. The van der Waals surface area contributed by atoms with Gasteiger partial charge in [-0.05, 0) is 56.5 Å². The second kappa shape index (κ2) is 7.97. The summed E-state index contributed by atoms with van der Waals surface area (Å²) >= 11 is 0. The van der Waals surface area contributed by atoms with E-state index in [1.54, 1.807) is 24.0 Å². The van der Waals surface area contributed by atoms with E-state index < -0.39 is 11.5 Å². The first kappa shape index (κ1) is 21.9. The third-order valence-corrected chi connectivity index (χ3v) is 6.58. The molecule has 1 unspecified atom stereocenters. The monoisotopic (exact) mass is 435 g/mol. The second-order valence-corrected chi connectivity index (χ2v) is 9.06. The van der Waals surface area contributed by atoms with Crippen LogP contribution in [0.25, 0.3) is 0 Å². The lowest BCUT2D eigenvalue weighted by Gasteiger charge is -2.25. The topological polar surface area (TPSA) is 79.0 Å². The maximum Gasteiger partial charge on any atom is 0.247 e. The third-order valence-electron chi connectivity index (χ3n) is 6.58. The highest BCUT2D eigenvalue weighted by Gasteiger charge is 2.43. The lowest BCUT2D eigenvalue weighted by atomic mass is 9.85. The SMILES string of the molecule is COc1ccccc1CN1C(=O)CCC1C(=O)Nc1cc(C)c2c(c1)C(C)(C)C(=O)N2C. The van der Waals surface area contributed by atoms with E-state index in [9.17, 15) is 14.4 Å². The number of rotatable bonds is 5. The average Bonchev–Trinajstić information content (AvgIpc) is 3.20. The molecule has 2 heterocycles. The van der Waals surface area contributed by atoms with Crippen LogP contribution in [-0.4, -0.2) is 42.8 Å². The number of likely N-dealkylation sites (tertiary alicyclic amines) is 1. The lowest BCUT2D eigenvalue weighted by Crippen LogP contribution is -2.41. The molecule has 1 atom stereocenters. The van der Waals surface area contributed by atoms with Crippen molar-refractivity contribution in [2.75, 3.05) is 24.4 Å². The van der Waals surface area contributed by atoms with Crippen LogP contribution in [0, 0.1) is 6.92 Å². The van der Waals surface area contributed by atoms with Gasteiger partial charge in [-0.3, -0.25) is 14.4 Å². The highest BCUT2D eigenvalue weighted by atomic mass is 16.5. The molecule has 32 heavy (non-hydrogen) atoms. The molecule has 7 heteroatoms. The van der Waals surface area contributed by atoms with Crippen LogP contribution in [0.15, 0.2) is 36.4 Å². The number of nitrogens with zero attached hydrogens (tertiary/aromatic N) is 2. The number of amides is 3. The fourth-order valence-corrected chi connectivity index (χ4v) is 4.86. The number of carbonyl (C=O) groups excluding carboxylic acids is 3. The predicted molar refractivity (Wildman–Crippen MR) is 123 cm³/mol. The molecule has 0 spiro atoms. The Balaban J connectivity index is 1.58. The van der Waals surface area contributed by atoms with Crippen molar-refractivity contribution in [1.29, 1.82) is 0 Å². The van der Waals surface area contributed by atoms with Crippen LogP contribution >= 0.6 is 0 Å². The van der Waals surface area contributed by atoms with Gasteiger partial charge in [0.05, 0.1) is 24.8 Å². The number of fused-ring (bicyclic) bond motifs is 1. The van der Waals surface area contributed by atoms with Gasteiger partial charge < -0.3 is 19.9 Å². The molecule has 2 aromatic carbocycles. The molecule has 1 N–H and O–H groups in total. The smallest absolute Gasteiger partial charge is 0.247 e. The molecule has 0 saturated carbocycles. The number of hydrogen-bond acceptors (Lipinski definition) is 4. The van der Waals surface area contributed by atoms with E-state index in [2.05, 4.69) is 5.32 Å². The van der Waals surface area contributed by atoms with Gasteiger partial charge in [-0.1, -0.05) is 18.2 Å². The van der Waals surface area contributed by atoms with Gasteiger partial charge in [-0.2, -0.15) is 0 Å². The first-order valence-electron chi connectivity index (χ1n) is 10.8. The van der Waals surface area contributed by atoms with Crippen molar-refractivity contribution >= 4 is 29.1 Å². The number of anilines is 2. The highest BCUT2D eigenvalue weighted by molar-refractivity contribution is 6.09. The standard InChI is InChI=1S/C25H29N3O4/c1-15-12-17(13-18-22(15)27(4)24(31)25(18,2)3)26-23(30)19-10-11-21(29)28(19)14-16-8-6-7-9-20(16)32-5/h6-9,12-13,19H,10-11,14H2,1-5H3,(H,26,30). The fourth-order valence-electron chi connectivity index (χ4n) is 4.86. The van der Waals surface area contributed by atoms with Crippen LogP contribution in [0.2, 0.25) is 0 Å². The molecule has 1 saturated heterocycles. The molecule has 0 aromatic heterocycles. The summed E-state index contributed by atoms with van der Waals surface area (Å²) in [6.07, 6.45) is 0.805. The van der Waals surface area contributed by atoms with Gasteiger partial charge >= 0.3 is 0 Å². The van der Waals surface area contributed by atoms with Crippen LogP contribution < -0.4 is 15.0 Å². The lowest BCUT2D eigenvalue weighted by molar-refractivity contribution is -0.133. The quantitative estimate of drug-likeness (QED) is 0.781. The van der Waals surface area contributed by atoms with E-state index in [0.29, 0.717) is 30.8 Å². The molecule has 2 aliphatic heterocycles. The van der Waals surface area contributed by atoms with E-state index >= 15 is 0 Å². The van der Waals surface area contributed by atoms with E-state index in [1.807, 2.05) is 57.2 Å². The van der Waals surface area contributed by atoms with Crippen molar-refractivity contribution < 1.29 is 19.1 Å². The summed E-state index contributed by atoms with van der Waals surface area (Å²) in [6, 6.07) is 10.7. The molecule has 2 aliphatic rings. The molecule has 0 aliphatic carbocycles. The number of aryl methyl sites for hydroxylation is 1. The molecule has 0 bridgehead atoms. The van der Waals surface area contributed by atoms with Crippen molar-refractivity contribution in [3.8, 4) is 5.75 Å². The van der Waals surface area contributed by atoms with Crippen molar-refractivity contribution in [1.82, 2.24) is 4.90 Å². The van der Waals surface area contributed by atoms with Gasteiger partial charge in [0.25, 0.3) is 0 Å². The van der Waals surface area contributed by atoms with Crippen molar-refractivity contribution in [2.24, 2.45) is 0 Å². The Morgan fingerprint density at radius 2 is 1.94 bits per heavy atom. The summed E-state index contributed by atoms with van der Waals surface area (Å²) in [7, 11) is 3.37.